The minimum atomic E-state index is -0.750. The topological polar surface area (TPSA) is 49.4 Å². The summed E-state index contributed by atoms with van der Waals surface area (Å²) in [6.07, 6.45) is -0.153. The Bertz CT molecular complexity index is 874. The third kappa shape index (κ3) is 6.72. The molecule has 0 spiro atoms. The van der Waals surface area contributed by atoms with E-state index in [1.807, 2.05) is 13.8 Å². The van der Waals surface area contributed by atoms with Crippen LogP contribution < -0.4 is 5.32 Å². The number of halogens is 3. The number of nitrogens with one attached hydrogen (secondary N) is 1. The zero-order valence-corrected chi connectivity index (χ0v) is 18.2. The fourth-order valence-corrected chi connectivity index (χ4v) is 3.24. The van der Waals surface area contributed by atoms with Gasteiger partial charge in [0, 0.05) is 23.1 Å². The van der Waals surface area contributed by atoms with E-state index in [9.17, 15) is 14.0 Å². The van der Waals surface area contributed by atoms with Crippen molar-refractivity contribution in [2.24, 2.45) is 5.92 Å². The van der Waals surface area contributed by atoms with Crippen molar-refractivity contribution in [2.75, 3.05) is 6.54 Å². The van der Waals surface area contributed by atoms with Gasteiger partial charge in [0.05, 0.1) is 6.42 Å². The van der Waals surface area contributed by atoms with Crippen molar-refractivity contribution in [3.05, 3.63) is 69.5 Å². The van der Waals surface area contributed by atoms with E-state index < -0.39 is 11.9 Å². The van der Waals surface area contributed by atoms with Crippen LogP contribution in [0.5, 0.6) is 0 Å². The van der Waals surface area contributed by atoms with Gasteiger partial charge in [-0.05, 0) is 42.2 Å². The van der Waals surface area contributed by atoms with E-state index in [2.05, 4.69) is 5.32 Å². The number of carbonyl (C=O) groups excluding carboxylic acids is 2. The molecule has 0 fully saturated rings. The van der Waals surface area contributed by atoms with Crippen LogP contribution in [0.25, 0.3) is 0 Å². The number of amides is 2. The normalized spacial score (nSPS) is 12.0. The highest BCUT2D eigenvalue weighted by atomic mass is 35.5. The summed E-state index contributed by atoms with van der Waals surface area (Å²) in [7, 11) is 0. The second kappa shape index (κ2) is 10.6. The van der Waals surface area contributed by atoms with Crippen LogP contribution in [0.3, 0.4) is 0 Å². The van der Waals surface area contributed by atoms with Gasteiger partial charge in [-0.2, -0.15) is 0 Å². The van der Waals surface area contributed by atoms with Crippen molar-refractivity contribution < 1.29 is 14.0 Å². The molecule has 4 nitrogen and oxygen atoms in total. The number of benzene rings is 2. The average Bonchev–Trinajstić information content (AvgIpc) is 2.66. The van der Waals surface area contributed by atoms with Crippen molar-refractivity contribution in [2.45, 2.75) is 39.8 Å². The number of hydrogen-bond acceptors (Lipinski definition) is 2. The van der Waals surface area contributed by atoms with Gasteiger partial charge in [-0.15, -0.1) is 0 Å². The first-order valence-corrected chi connectivity index (χ1v) is 10.2. The summed E-state index contributed by atoms with van der Waals surface area (Å²) in [4.78, 5) is 27.1. The van der Waals surface area contributed by atoms with Crippen LogP contribution in [0.15, 0.2) is 42.5 Å². The first-order chi connectivity index (χ1) is 13.7. The van der Waals surface area contributed by atoms with Gasteiger partial charge >= 0.3 is 0 Å². The van der Waals surface area contributed by atoms with Crippen LogP contribution in [-0.2, 0) is 22.6 Å². The molecule has 2 amide bonds. The first kappa shape index (κ1) is 23.2. The molecule has 0 aliphatic carbocycles. The van der Waals surface area contributed by atoms with E-state index in [-0.39, 0.29) is 36.3 Å². The molecule has 2 aromatic rings. The lowest BCUT2D eigenvalue weighted by Crippen LogP contribution is -2.48. The van der Waals surface area contributed by atoms with Crippen molar-refractivity contribution in [3.63, 3.8) is 0 Å². The van der Waals surface area contributed by atoms with Crippen LogP contribution in [0.1, 0.15) is 31.9 Å². The Labute approximate surface area is 181 Å². The van der Waals surface area contributed by atoms with Gasteiger partial charge in [0.25, 0.3) is 0 Å². The molecular weight excluding hydrogens is 414 g/mol. The lowest BCUT2D eigenvalue weighted by Gasteiger charge is -2.29. The largest absolute Gasteiger partial charge is 0.354 e. The predicted molar refractivity (Wildman–Crippen MR) is 114 cm³/mol. The fourth-order valence-electron chi connectivity index (χ4n) is 2.77. The third-order valence-corrected chi connectivity index (χ3v) is 5.09. The van der Waals surface area contributed by atoms with Crippen LogP contribution in [0.4, 0.5) is 4.39 Å². The molecule has 0 aromatic heterocycles. The highest BCUT2D eigenvalue weighted by molar-refractivity contribution is 6.35. The lowest BCUT2D eigenvalue weighted by atomic mass is 10.1. The molecule has 1 unspecified atom stereocenters. The van der Waals surface area contributed by atoms with Crippen molar-refractivity contribution >= 4 is 35.0 Å². The van der Waals surface area contributed by atoms with Crippen molar-refractivity contribution in [1.82, 2.24) is 10.2 Å². The molecule has 0 heterocycles. The number of carbonyl (C=O) groups is 2. The average molecular weight is 439 g/mol. The molecule has 0 radical (unpaired) electrons. The molecule has 1 atom stereocenters. The van der Waals surface area contributed by atoms with Gasteiger partial charge in [-0.25, -0.2) is 4.39 Å². The predicted octanol–water partition coefficient (Wildman–Crippen LogP) is 4.86. The summed E-state index contributed by atoms with van der Waals surface area (Å²) in [6.45, 7) is 6.23. The maximum atomic E-state index is 14.0. The summed E-state index contributed by atoms with van der Waals surface area (Å²) < 4.78 is 14.0. The second-order valence-corrected chi connectivity index (χ2v) is 8.18. The maximum Gasteiger partial charge on any atom is 0.242 e. The quantitative estimate of drug-likeness (QED) is 0.639. The zero-order valence-electron chi connectivity index (χ0n) is 16.7. The summed E-state index contributed by atoms with van der Waals surface area (Å²) in [5.41, 5.74) is 0.931. The Kier molecular flexibility index (Phi) is 8.47. The molecule has 0 saturated carbocycles. The molecule has 29 heavy (non-hydrogen) atoms. The summed E-state index contributed by atoms with van der Waals surface area (Å²) in [5, 5.41) is 3.72. The molecule has 0 aliphatic rings. The van der Waals surface area contributed by atoms with Crippen LogP contribution in [0.2, 0.25) is 10.0 Å². The molecule has 156 valence electrons. The number of nitrogens with zero attached hydrogens (tertiary/aromatic N) is 1. The van der Waals surface area contributed by atoms with E-state index in [4.69, 9.17) is 23.2 Å². The van der Waals surface area contributed by atoms with Crippen molar-refractivity contribution in [3.8, 4) is 0 Å². The van der Waals surface area contributed by atoms with E-state index in [1.54, 1.807) is 43.3 Å². The monoisotopic (exact) mass is 438 g/mol. The standard InChI is InChI=1S/C22H25Cl2FN2O2/c1-14(2)12-26-22(29)15(3)27(13-17-8-9-18(23)11-19(17)24)21(28)10-16-6-4-5-7-20(16)25/h4-9,11,14-15H,10,12-13H2,1-3H3,(H,26,29). The van der Waals surface area contributed by atoms with Gasteiger partial charge in [0.1, 0.15) is 11.9 Å². The Morgan fingerprint density at radius 1 is 1.07 bits per heavy atom. The van der Waals surface area contributed by atoms with Gasteiger partial charge in [0.2, 0.25) is 11.8 Å². The Morgan fingerprint density at radius 2 is 1.76 bits per heavy atom. The third-order valence-electron chi connectivity index (χ3n) is 4.51. The highest BCUT2D eigenvalue weighted by Crippen LogP contribution is 2.23. The van der Waals surface area contributed by atoms with E-state index in [0.29, 0.717) is 22.2 Å². The van der Waals surface area contributed by atoms with Crippen molar-refractivity contribution in [1.29, 1.82) is 0 Å². The first-order valence-electron chi connectivity index (χ1n) is 9.43. The molecule has 0 saturated heterocycles. The summed E-state index contributed by atoms with van der Waals surface area (Å²) in [6, 6.07) is 10.3. The van der Waals surface area contributed by atoms with Crippen LogP contribution in [-0.4, -0.2) is 29.3 Å². The molecule has 2 aromatic carbocycles. The Hall–Kier alpha value is -2.11. The summed E-state index contributed by atoms with van der Waals surface area (Å²) >= 11 is 12.2. The number of hydrogen-bond donors (Lipinski definition) is 1. The van der Waals surface area contributed by atoms with Gasteiger partial charge in [0.15, 0.2) is 0 Å². The number of rotatable bonds is 8. The summed E-state index contributed by atoms with van der Waals surface area (Å²) in [5.74, 6) is -0.819. The Morgan fingerprint density at radius 3 is 2.38 bits per heavy atom. The van der Waals surface area contributed by atoms with E-state index in [1.165, 1.54) is 11.0 Å². The van der Waals surface area contributed by atoms with Gasteiger partial charge in [-0.1, -0.05) is 61.3 Å². The van der Waals surface area contributed by atoms with Gasteiger partial charge in [-0.3, -0.25) is 9.59 Å². The zero-order chi connectivity index (χ0) is 21.6. The van der Waals surface area contributed by atoms with Gasteiger partial charge < -0.3 is 10.2 Å². The van der Waals surface area contributed by atoms with E-state index in [0.717, 1.165) is 0 Å². The fraction of sp³-hybridized carbons (Fsp3) is 0.364. The minimum Gasteiger partial charge on any atom is -0.354 e. The molecular formula is C22H25Cl2FN2O2. The second-order valence-electron chi connectivity index (χ2n) is 7.34. The molecule has 1 N–H and O–H groups in total. The highest BCUT2D eigenvalue weighted by Gasteiger charge is 2.27. The van der Waals surface area contributed by atoms with E-state index >= 15 is 0 Å². The van der Waals surface area contributed by atoms with Crippen LogP contribution >= 0.6 is 23.2 Å². The lowest BCUT2D eigenvalue weighted by molar-refractivity contribution is -0.140. The Balaban J connectivity index is 2.27. The molecule has 2 rings (SSSR count). The molecule has 7 heteroatoms. The maximum absolute atomic E-state index is 14.0. The smallest absolute Gasteiger partial charge is 0.242 e. The van der Waals surface area contributed by atoms with Crippen LogP contribution in [0, 0.1) is 11.7 Å². The molecule has 0 bridgehead atoms. The molecule has 0 aliphatic heterocycles. The SMILES string of the molecule is CC(C)CNC(=O)C(C)N(Cc1ccc(Cl)cc1Cl)C(=O)Cc1ccccc1F. The minimum absolute atomic E-state index is 0.111.